The lowest BCUT2D eigenvalue weighted by atomic mass is 9.78. The first-order valence-electron chi connectivity index (χ1n) is 4.21. The van der Waals surface area contributed by atoms with E-state index in [0.29, 0.717) is 11.8 Å². The molecule has 0 aromatic carbocycles. The van der Waals surface area contributed by atoms with Gasteiger partial charge in [-0.1, -0.05) is 0 Å². The predicted molar refractivity (Wildman–Crippen MR) is 45.6 cm³/mol. The molecule has 0 amide bonds. The van der Waals surface area contributed by atoms with E-state index >= 15 is 0 Å². The highest BCUT2D eigenvalue weighted by Crippen LogP contribution is 2.38. The summed E-state index contributed by atoms with van der Waals surface area (Å²) in [6.45, 7) is 0. The number of hydrogen-bond donors (Lipinski definition) is 2. The van der Waals surface area contributed by atoms with Crippen LogP contribution in [0.3, 0.4) is 0 Å². The highest BCUT2D eigenvalue weighted by atomic mass is 32.2. The Balaban J connectivity index is 2.07. The van der Waals surface area contributed by atoms with E-state index in [4.69, 9.17) is 0 Å². The Morgan fingerprint density at radius 1 is 1.00 bits per heavy atom. The highest BCUT2D eigenvalue weighted by molar-refractivity contribution is 7.99. The molecule has 1 heterocycles. The summed E-state index contributed by atoms with van der Waals surface area (Å²) in [6.07, 6.45) is 1.35. The molecule has 2 aliphatic rings. The van der Waals surface area contributed by atoms with E-state index in [2.05, 4.69) is 0 Å². The van der Waals surface area contributed by atoms with E-state index < -0.39 is 0 Å². The fourth-order valence-corrected chi connectivity index (χ4v) is 3.57. The molecule has 0 spiro atoms. The Labute approximate surface area is 71.0 Å². The molecule has 0 aromatic rings. The third-order valence-electron chi connectivity index (χ3n) is 2.78. The van der Waals surface area contributed by atoms with Gasteiger partial charge in [-0.25, -0.2) is 0 Å². The molecule has 2 bridgehead atoms. The van der Waals surface area contributed by atoms with Gasteiger partial charge in [-0.15, -0.1) is 0 Å². The van der Waals surface area contributed by atoms with Gasteiger partial charge in [0.1, 0.15) is 0 Å². The van der Waals surface area contributed by atoms with Gasteiger partial charge in [-0.2, -0.15) is 11.8 Å². The Kier molecular flexibility index (Phi) is 2.12. The first-order chi connectivity index (χ1) is 5.27. The molecular weight excluding hydrogens is 160 g/mol. The maximum Gasteiger partial charge on any atom is 0.0614 e. The molecule has 1 saturated heterocycles. The number of thioether (sulfide) groups is 1. The fourth-order valence-electron chi connectivity index (χ4n) is 2.16. The van der Waals surface area contributed by atoms with Crippen molar-refractivity contribution in [2.24, 2.45) is 11.8 Å². The van der Waals surface area contributed by atoms with E-state index in [1.807, 2.05) is 11.8 Å². The van der Waals surface area contributed by atoms with Crippen LogP contribution >= 0.6 is 11.8 Å². The van der Waals surface area contributed by atoms with Crippen molar-refractivity contribution in [2.45, 2.75) is 25.0 Å². The number of hydrogen-bond acceptors (Lipinski definition) is 3. The van der Waals surface area contributed by atoms with E-state index in [-0.39, 0.29) is 12.2 Å². The van der Waals surface area contributed by atoms with Crippen LogP contribution < -0.4 is 0 Å². The SMILES string of the molecule is OC1CC2CSCC(C1)C2O. The second kappa shape index (κ2) is 2.96. The standard InChI is InChI=1S/C8H14O2S/c9-7-1-5-3-11-4-6(2-7)8(5)10/h5-10H,1-4H2. The number of aliphatic hydroxyl groups is 2. The molecule has 1 aliphatic heterocycles. The van der Waals surface area contributed by atoms with Crippen molar-refractivity contribution in [1.82, 2.24) is 0 Å². The van der Waals surface area contributed by atoms with Crippen molar-refractivity contribution < 1.29 is 10.2 Å². The Hall–Kier alpha value is 0.270. The van der Waals surface area contributed by atoms with Crippen LogP contribution in [0.25, 0.3) is 0 Å². The third kappa shape index (κ3) is 1.42. The minimum absolute atomic E-state index is 0.125. The van der Waals surface area contributed by atoms with Gasteiger partial charge < -0.3 is 10.2 Å². The summed E-state index contributed by atoms with van der Waals surface area (Å²) in [5.74, 6) is 2.80. The Morgan fingerprint density at radius 3 is 2.09 bits per heavy atom. The van der Waals surface area contributed by atoms with E-state index in [1.54, 1.807) is 0 Å². The zero-order chi connectivity index (χ0) is 7.84. The topological polar surface area (TPSA) is 40.5 Å². The molecule has 0 radical (unpaired) electrons. The van der Waals surface area contributed by atoms with Gasteiger partial charge in [0.2, 0.25) is 0 Å². The summed E-state index contributed by atoms with van der Waals surface area (Å²) >= 11 is 1.92. The van der Waals surface area contributed by atoms with E-state index in [1.165, 1.54) is 0 Å². The molecular formula is C8H14O2S. The minimum Gasteiger partial charge on any atom is -0.393 e. The molecule has 2 nitrogen and oxygen atoms in total. The lowest BCUT2D eigenvalue weighted by molar-refractivity contribution is -0.0241. The fraction of sp³-hybridized carbons (Fsp3) is 1.00. The molecule has 2 fully saturated rings. The van der Waals surface area contributed by atoms with Crippen molar-refractivity contribution in [3.05, 3.63) is 0 Å². The summed E-state index contributed by atoms with van der Waals surface area (Å²) in [7, 11) is 0. The monoisotopic (exact) mass is 174 g/mol. The van der Waals surface area contributed by atoms with E-state index in [9.17, 15) is 10.2 Å². The zero-order valence-electron chi connectivity index (χ0n) is 6.44. The second-order valence-corrected chi connectivity index (χ2v) is 4.75. The molecule has 1 saturated carbocycles. The van der Waals surface area contributed by atoms with Crippen molar-refractivity contribution in [3.63, 3.8) is 0 Å². The lowest BCUT2D eigenvalue weighted by Gasteiger charge is -2.41. The van der Waals surface area contributed by atoms with Crippen LogP contribution in [-0.4, -0.2) is 33.9 Å². The summed E-state index contributed by atoms with van der Waals surface area (Å²) in [6, 6.07) is 0. The summed E-state index contributed by atoms with van der Waals surface area (Å²) in [5, 5.41) is 19.1. The Bertz CT molecular complexity index is 137. The van der Waals surface area contributed by atoms with Gasteiger partial charge in [0.05, 0.1) is 12.2 Å². The predicted octanol–water partition coefficient (Wildman–Crippen LogP) is 0.481. The maximum atomic E-state index is 9.68. The largest absolute Gasteiger partial charge is 0.393 e. The first kappa shape index (κ1) is 7.90. The molecule has 64 valence electrons. The summed E-state index contributed by atoms with van der Waals surface area (Å²) in [4.78, 5) is 0. The molecule has 2 unspecified atom stereocenters. The molecule has 1 aliphatic carbocycles. The van der Waals surface area contributed by atoms with Gasteiger partial charge in [0, 0.05) is 0 Å². The summed E-state index contributed by atoms with van der Waals surface area (Å²) < 4.78 is 0. The molecule has 2 atom stereocenters. The van der Waals surface area contributed by atoms with Crippen LogP contribution in [0, 0.1) is 11.8 Å². The van der Waals surface area contributed by atoms with Crippen LogP contribution in [0.4, 0.5) is 0 Å². The van der Waals surface area contributed by atoms with Crippen LogP contribution in [0.2, 0.25) is 0 Å². The molecule has 0 aromatic heterocycles. The smallest absolute Gasteiger partial charge is 0.0614 e. The van der Waals surface area contributed by atoms with Gasteiger partial charge in [0.15, 0.2) is 0 Å². The minimum atomic E-state index is -0.144. The van der Waals surface area contributed by atoms with Crippen LogP contribution in [-0.2, 0) is 0 Å². The molecule has 11 heavy (non-hydrogen) atoms. The molecule has 3 heteroatoms. The zero-order valence-corrected chi connectivity index (χ0v) is 7.26. The normalized spacial score (nSPS) is 50.7. The van der Waals surface area contributed by atoms with Gasteiger partial charge in [0.25, 0.3) is 0 Å². The Morgan fingerprint density at radius 2 is 1.55 bits per heavy atom. The van der Waals surface area contributed by atoms with E-state index in [0.717, 1.165) is 24.3 Å². The van der Waals surface area contributed by atoms with Crippen LogP contribution in [0.1, 0.15) is 12.8 Å². The second-order valence-electron chi connectivity index (χ2n) is 3.67. The van der Waals surface area contributed by atoms with Crippen LogP contribution in [0.5, 0.6) is 0 Å². The van der Waals surface area contributed by atoms with Crippen molar-refractivity contribution in [2.75, 3.05) is 11.5 Å². The quantitative estimate of drug-likeness (QED) is 0.561. The van der Waals surface area contributed by atoms with Gasteiger partial charge >= 0.3 is 0 Å². The van der Waals surface area contributed by atoms with Crippen molar-refractivity contribution >= 4 is 11.8 Å². The van der Waals surface area contributed by atoms with Crippen LogP contribution in [0.15, 0.2) is 0 Å². The van der Waals surface area contributed by atoms with Crippen molar-refractivity contribution in [1.29, 1.82) is 0 Å². The van der Waals surface area contributed by atoms with Gasteiger partial charge in [-0.05, 0) is 36.2 Å². The molecule has 2 N–H and O–H groups in total. The highest BCUT2D eigenvalue weighted by Gasteiger charge is 2.38. The average Bonchev–Trinajstić information content (AvgIpc) is 1.92. The van der Waals surface area contributed by atoms with Gasteiger partial charge in [-0.3, -0.25) is 0 Å². The first-order valence-corrected chi connectivity index (χ1v) is 5.36. The maximum absolute atomic E-state index is 9.68. The average molecular weight is 174 g/mol. The lowest BCUT2D eigenvalue weighted by Crippen LogP contribution is -2.44. The number of aliphatic hydroxyl groups excluding tert-OH is 2. The van der Waals surface area contributed by atoms with Crippen molar-refractivity contribution in [3.8, 4) is 0 Å². The number of rotatable bonds is 0. The summed E-state index contributed by atoms with van der Waals surface area (Å²) in [5.41, 5.74) is 0. The molecule has 2 rings (SSSR count). The number of fused-ring (bicyclic) bond motifs is 2. The third-order valence-corrected chi connectivity index (χ3v) is 4.11.